The standard InChI is InChI=1S/C21H26N2O6/c1-12-8-9-17(28-3)16(10-12)22-18(24)11-29-21(27)13(2)23-19(25)14-6-4-5-7-15(14)20(23)26/h8-10,13-15H,4-7,11H2,1-3H3,(H,22,24)/t13-,14-,15-/m0/s1. The second-order valence-electron chi connectivity index (χ2n) is 7.58. The van der Waals surface area contributed by atoms with Crippen LogP contribution in [0.2, 0.25) is 0 Å². The van der Waals surface area contributed by atoms with Gasteiger partial charge < -0.3 is 14.8 Å². The minimum atomic E-state index is -1.05. The molecule has 1 saturated heterocycles. The minimum absolute atomic E-state index is 0.307. The van der Waals surface area contributed by atoms with E-state index in [4.69, 9.17) is 9.47 Å². The van der Waals surface area contributed by atoms with Gasteiger partial charge in [-0.25, -0.2) is 4.79 Å². The van der Waals surface area contributed by atoms with Gasteiger partial charge in [-0.2, -0.15) is 0 Å². The van der Waals surface area contributed by atoms with Crippen molar-refractivity contribution in [3.05, 3.63) is 23.8 Å². The molecule has 8 nitrogen and oxygen atoms in total. The van der Waals surface area contributed by atoms with Crippen molar-refractivity contribution >= 4 is 29.4 Å². The van der Waals surface area contributed by atoms with Crippen molar-refractivity contribution in [2.24, 2.45) is 11.8 Å². The highest BCUT2D eigenvalue weighted by Crippen LogP contribution is 2.38. The van der Waals surface area contributed by atoms with Crippen LogP contribution in [-0.4, -0.2) is 48.3 Å². The Kier molecular flexibility index (Phi) is 6.20. The number of carbonyl (C=O) groups is 4. The van der Waals surface area contributed by atoms with Crippen molar-refractivity contribution in [1.29, 1.82) is 0 Å². The molecule has 1 aliphatic carbocycles. The minimum Gasteiger partial charge on any atom is -0.495 e. The first-order chi connectivity index (χ1) is 13.8. The maximum absolute atomic E-state index is 12.6. The highest BCUT2D eigenvalue weighted by molar-refractivity contribution is 6.08. The van der Waals surface area contributed by atoms with E-state index in [9.17, 15) is 19.2 Å². The maximum atomic E-state index is 12.6. The highest BCUT2D eigenvalue weighted by Gasteiger charge is 2.51. The SMILES string of the molecule is COc1ccc(C)cc1NC(=O)COC(=O)[C@H](C)N1C(=O)[C@H]2CCCC[C@@H]2C1=O. The van der Waals surface area contributed by atoms with E-state index < -0.39 is 24.5 Å². The second-order valence-corrected chi connectivity index (χ2v) is 7.58. The molecule has 1 aromatic rings. The molecule has 3 amide bonds. The molecule has 1 N–H and O–H groups in total. The van der Waals surface area contributed by atoms with Crippen molar-refractivity contribution < 1.29 is 28.7 Å². The Bertz CT molecular complexity index is 812. The monoisotopic (exact) mass is 402 g/mol. The largest absolute Gasteiger partial charge is 0.495 e. The summed E-state index contributed by atoms with van der Waals surface area (Å²) in [5.41, 5.74) is 1.40. The van der Waals surface area contributed by atoms with E-state index in [2.05, 4.69) is 5.32 Å². The number of amides is 3. The fourth-order valence-electron chi connectivity index (χ4n) is 4.04. The van der Waals surface area contributed by atoms with E-state index in [1.807, 2.05) is 13.0 Å². The van der Waals surface area contributed by atoms with Gasteiger partial charge in [-0.05, 0) is 44.4 Å². The summed E-state index contributed by atoms with van der Waals surface area (Å²) in [5, 5.41) is 2.64. The number of carbonyl (C=O) groups excluding carboxylic acids is 4. The van der Waals surface area contributed by atoms with E-state index in [1.165, 1.54) is 14.0 Å². The summed E-state index contributed by atoms with van der Waals surface area (Å²) in [6.45, 7) is 2.80. The molecule has 1 heterocycles. The molecule has 0 radical (unpaired) electrons. The van der Waals surface area contributed by atoms with Gasteiger partial charge in [-0.3, -0.25) is 19.3 Å². The molecule has 2 aliphatic rings. The van der Waals surface area contributed by atoms with Crippen LogP contribution in [0.15, 0.2) is 18.2 Å². The third kappa shape index (κ3) is 4.26. The van der Waals surface area contributed by atoms with Crippen molar-refractivity contribution in [3.8, 4) is 5.75 Å². The number of methoxy groups -OCH3 is 1. The van der Waals surface area contributed by atoms with Crippen LogP contribution >= 0.6 is 0 Å². The Hall–Kier alpha value is -2.90. The average molecular weight is 402 g/mol. The number of ether oxygens (including phenoxy) is 2. The number of esters is 1. The van der Waals surface area contributed by atoms with Crippen molar-refractivity contribution in [3.63, 3.8) is 0 Å². The first-order valence-corrected chi connectivity index (χ1v) is 9.81. The van der Waals surface area contributed by atoms with E-state index in [0.717, 1.165) is 23.3 Å². The first kappa shape index (κ1) is 20.8. The first-order valence-electron chi connectivity index (χ1n) is 9.81. The van der Waals surface area contributed by atoms with Crippen molar-refractivity contribution in [2.75, 3.05) is 19.0 Å². The van der Waals surface area contributed by atoms with Crippen molar-refractivity contribution in [2.45, 2.75) is 45.6 Å². The number of likely N-dealkylation sites (tertiary alicyclic amines) is 1. The van der Waals surface area contributed by atoms with Gasteiger partial charge in [-0.15, -0.1) is 0 Å². The van der Waals surface area contributed by atoms with Crippen LogP contribution in [0, 0.1) is 18.8 Å². The molecule has 0 bridgehead atoms. The van der Waals surface area contributed by atoms with Gasteiger partial charge in [-0.1, -0.05) is 18.9 Å². The number of nitrogens with zero attached hydrogens (tertiary/aromatic N) is 1. The van der Waals surface area contributed by atoms with Crippen LogP contribution < -0.4 is 10.1 Å². The van der Waals surface area contributed by atoms with Crippen LogP contribution in [0.3, 0.4) is 0 Å². The van der Waals surface area contributed by atoms with Crippen molar-refractivity contribution in [1.82, 2.24) is 4.90 Å². The number of hydrogen-bond acceptors (Lipinski definition) is 6. The molecular weight excluding hydrogens is 376 g/mol. The topological polar surface area (TPSA) is 102 Å². The quantitative estimate of drug-likeness (QED) is 0.577. The molecule has 2 fully saturated rings. The van der Waals surface area contributed by atoms with E-state index >= 15 is 0 Å². The highest BCUT2D eigenvalue weighted by atomic mass is 16.5. The predicted molar refractivity (Wildman–Crippen MR) is 104 cm³/mol. The van der Waals surface area contributed by atoms with Gasteiger partial charge in [0, 0.05) is 0 Å². The summed E-state index contributed by atoms with van der Waals surface area (Å²) in [7, 11) is 1.49. The number of nitrogens with one attached hydrogen (secondary N) is 1. The molecule has 8 heteroatoms. The molecule has 0 spiro atoms. The number of aryl methyl sites for hydroxylation is 1. The van der Waals surface area contributed by atoms with Gasteiger partial charge in [0.15, 0.2) is 6.61 Å². The van der Waals surface area contributed by atoms with Gasteiger partial charge in [0.2, 0.25) is 11.8 Å². The predicted octanol–water partition coefficient (Wildman–Crippen LogP) is 2.05. The van der Waals surface area contributed by atoms with Crippen LogP contribution in [0.4, 0.5) is 5.69 Å². The summed E-state index contributed by atoms with van der Waals surface area (Å²) in [6, 6.07) is 4.26. The summed E-state index contributed by atoms with van der Waals surface area (Å²) >= 11 is 0. The molecule has 0 aromatic heterocycles. The van der Waals surface area contributed by atoms with Gasteiger partial charge in [0.1, 0.15) is 11.8 Å². The van der Waals surface area contributed by atoms with Gasteiger partial charge >= 0.3 is 5.97 Å². The number of rotatable bonds is 6. The Morgan fingerprint density at radius 2 is 1.79 bits per heavy atom. The number of anilines is 1. The number of fused-ring (bicyclic) bond motifs is 1. The third-order valence-electron chi connectivity index (χ3n) is 5.58. The molecule has 156 valence electrons. The lowest BCUT2D eigenvalue weighted by Crippen LogP contribution is -2.45. The summed E-state index contributed by atoms with van der Waals surface area (Å²) < 4.78 is 10.3. The zero-order valence-electron chi connectivity index (χ0n) is 16.9. The van der Waals surface area contributed by atoms with E-state index in [-0.39, 0.29) is 23.7 Å². The summed E-state index contributed by atoms with van der Waals surface area (Å²) in [4.78, 5) is 50.8. The lowest BCUT2D eigenvalue weighted by molar-refractivity contribution is -0.159. The Morgan fingerprint density at radius 3 is 2.38 bits per heavy atom. The van der Waals surface area contributed by atoms with Crippen LogP contribution in [0.1, 0.15) is 38.2 Å². The summed E-state index contributed by atoms with van der Waals surface area (Å²) in [6.07, 6.45) is 3.17. The molecule has 1 aromatic carbocycles. The summed E-state index contributed by atoms with van der Waals surface area (Å²) in [5.74, 6) is -2.11. The second kappa shape index (κ2) is 8.63. The average Bonchev–Trinajstić information content (AvgIpc) is 2.96. The Morgan fingerprint density at radius 1 is 1.17 bits per heavy atom. The van der Waals surface area contributed by atoms with E-state index in [1.54, 1.807) is 12.1 Å². The van der Waals surface area contributed by atoms with Crippen LogP contribution in [0.5, 0.6) is 5.75 Å². The molecular formula is C21H26N2O6. The smallest absolute Gasteiger partial charge is 0.329 e. The Labute approximate surface area is 169 Å². The normalized spacial score (nSPS) is 22.1. The molecule has 1 saturated carbocycles. The lowest BCUT2D eigenvalue weighted by Gasteiger charge is -2.21. The maximum Gasteiger partial charge on any atom is 0.329 e. The zero-order chi connectivity index (χ0) is 21.1. The number of imide groups is 1. The fraction of sp³-hybridized carbons (Fsp3) is 0.524. The molecule has 0 unspecified atom stereocenters. The zero-order valence-corrected chi connectivity index (χ0v) is 16.9. The Balaban J connectivity index is 1.58. The molecule has 1 aliphatic heterocycles. The number of benzene rings is 1. The van der Waals surface area contributed by atoms with Gasteiger partial charge in [0.25, 0.3) is 5.91 Å². The fourth-order valence-corrected chi connectivity index (χ4v) is 4.04. The lowest BCUT2D eigenvalue weighted by atomic mass is 9.81. The third-order valence-corrected chi connectivity index (χ3v) is 5.58. The molecule has 3 rings (SSSR count). The number of hydrogen-bond donors (Lipinski definition) is 1. The van der Waals surface area contributed by atoms with Crippen LogP contribution in [-0.2, 0) is 23.9 Å². The van der Waals surface area contributed by atoms with E-state index in [0.29, 0.717) is 24.3 Å². The molecule has 3 atom stereocenters. The van der Waals surface area contributed by atoms with Crippen LogP contribution in [0.25, 0.3) is 0 Å². The van der Waals surface area contributed by atoms with Gasteiger partial charge in [0.05, 0.1) is 24.6 Å². The molecule has 29 heavy (non-hydrogen) atoms.